The third-order valence-electron chi connectivity index (χ3n) is 3.05. The smallest absolute Gasteiger partial charge is 0.264 e. The number of carbonyl (C=O) groups excluding carboxylic acids is 1. The lowest BCUT2D eigenvalue weighted by molar-refractivity contribution is -0.134. The van der Waals surface area contributed by atoms with Crippen molar-refractivity contribution in [1.29, 1.82) is 0 Å². The first-order valence-electron chi connectivity index (χ1n) is 6.67. The van der Waals surface area contributed by atoms with Gasteiger partial charge in [0.25, 0.3) is 5.91 Å². The summed E-state index contributed by atoms with van der Waals surface area (Å²) in [5.41, 5.74) is -0.959. The Morgan fingerprint density at radius 2 is 1.95 bits per heavy atom. The first-order chi connectivity index (χ1) is 9.88. The number of halogens is 1. The van der Waals surface area contributed by atoms with Gasteiger partial charge in [-0.25, -0.2) is 0 Å². The average Bonchev–Trinajstić information content (AvgIpc) is 2.95. The lowest BCUT2D eigenvalue weighted by Gasteiger charge is -2.27. The molecule has 5 heteroatoms. The number of ether oxygens (including phenoxy) is 1. The van der Waals surface area contributed by atoms with Gasteiger partial charge in [-0.3, -0.25) is 4.79 Å². The van der Waals surface area contributed by atoms with Crippen molar-refractivity contribution in [1.82, 2.24) is 5.32 Å². The highest BCUT2D eigenvalue weighted by Crippen LogP contribution is 2.23. The number of hydrogen-bond donors (Lipinski definition) is 1. The topological polar surface area (TPSA) is 38.3 Å². The van der Waals surface area contributed by atoms with Crippen molar-refractivity contribution in [3.8, 4) is 5.75 Å². The lowest BCUT2D eigenvalue weighted by atomic mass is 10.1. The van der Waals surface area contributed by atoms with Crippen LogP contribution in [0.3, 0.4) is 0 Å². The summed E-state index contributed by atoms with van der Waals surface area (Å²) in [6.45, 7) is 5.46. The van der Waals surface area contributed by atoms with Crippen LogP contribution < -0.4 is 10.1 Å². The zero-order chi connectivity index (χ0) is 15.5. The van der Waals surface area contributed by atoms with Gasteiger partial charge in [0, 0.05) is 9.90 Å². The molecule has 0 aliphatic carbocycles. The minimum Gasteiger partial charge on any atom is -0.478 e. The molecule has 0 fully saturated rings. The normalized spacial score (nSPS) is 12.8. The monoisotopic (exact) mass is 323 g/mol. The number of thiophene rings is 1. The molecule has 0 radical (unpaired) electrons. The van der Waals surface area contributed by atoms with E-state index < -0.39 is 5.60 Å². The Labute approximate surface area is 133 Å². The van der Waals surface area contributed by atoms with Crippen LogP contribution in [0.15, 0.2) is 41.8 Å². The predicted octanol–water partition coefficient (Wildman–Crippen LogP) is 4.44. The van der Waals surface area contributed by atoms with Crippen LogP contribution >= 0.6 is 22.9 Å². The molecule has 112 valence electrons. The molecule has 0 spiro atoms. The molecule has 0 bridgehead atoms. The molecule has 2 rings (SSSR count). The number of hydrogen-bond acceptors (Lipinski definition) is 3. The molecule has 2 aromatic rings. The summed E-state index contributed by atoms with van der Waals surface area (Å²) >= 11 is 7.46. The zero-order valence-electron chi connectivity index (χ0n) is 12.2. The number of carbonyl (C=O) groups is 1. The van der Waals surface area contributed by atoms with Gasteiger partial charge in [-0.2, -0.15) is 0 Å². The maximum atomic E-state index is 12.4. The fraction of sp³-hybridized carbons (Fsp3) is 0.312. The fourth-order valence-electron chi connectivity index (χ4n) is 1.82. The van der Waals surface area contributed by atoms with Crippen LogP contribution in [-0.2, 0) is 4.79 Å². The maximum absolute atomic E-state index is 12.4. The van der Waals surface area contributed by atoms with Crippen LogP contribution in [-0.4, -0.2) is 11.5 Å². The van der Waals surface area contributed by atoms with E-state index in [2.05, 4.69) is 5.32 Å². The third-order valence-corrected chi connectivity index (χ3v) is 4.36. The van der Waals surface area contributed by atoms with Gasteiger partial charge >= 0.3 is 0 Å². The van der Waals surface area contributed by atoms with Crippen molar-refractivity contribution in [3.63, 3.8) is 0 Å². The second-order valence-corrected chi connectivity index (χ2v) is 6.69. The van der Waals surface area contributed by atoms with E-state index in [0.717, 1.165) is 4.88 Å². The quantitative estimate of drug-likeness (QED) is 0.883. The third kappa shape index (κ3) is 4.22. The van der Waals surface area contributed by atoms with E-state index in [0.29, 0.717) is 10.8 Å². The van der Waals surface area contributed by atoms with Gasteiger partial charge in [0.1, 0.15) is 5.75 Å². The molecule has 0 saturated carbocycles. The molecular weight excluding hydrogens is 306 g/mol. The number of amides is 1. The number of rotatable bonds is 5. The van der Waals surface area contributed by atoms with Gasteiger partial charge in [0.05, 0.1) is 6.04 Å². The summed E-state index contributed by atoms with van der Waals surface area (Å²) in [4.78, 5) is 13.5. The molecule has 0 aliphatic heterocycles. The minimum absolute atomic E-state index is 0.0365. The van der Waals surface area contributed by atoms with Crippen molar-refractivity contribution >= 4 is 28.8 Å². The van der Waals surface area contributed by atoms with Gasteiger partial charge < -0.3 is 10.1 Å². The van der Waals surface area contributed by atoms with Gasteiger partial charge in [-0.05, 0) is 56.5 Å². The SMILES string of the molecule is C[C@H](NC(=O)C(C)(C)Oc1ccc(Cl)cc1)c1cccs1. The Kier molecular flexibility index (Phi) is 4.91. The second kappa shape index (κ2) is 6.50. The summed E-state index contributed by atoms with van der Waals surface area (Å²) in [6, 6.07) is 10.9. The molecule has 1 aromatic carbocycles. The Bertz CT molecular complexity index is 593. The minimum atomic E-state index is -0.959. The molecule has 1 amide bonds. The van der Waals surface area contributed by atoms with E-state index in [-0.39, 0.29) is 11.9 Å². The van der Waals surface area contributed by atoms with Crippen LogP contribution in [0.2, 0.25) is 5.02 Å². The van der Waals surface area contributed by atoms with E-state index in [4.69, 9.17) is 16.3 Å². The van der Waals surface area contributed by atoms with E-state index in [1.165, 1.54) is 0 Å². The summed E-state index contributed by atoms with van der Waals surface area (Å²) in [5, 5.41) is 5.60. The van der Waals surface area contributed by atoms with E-state index in [1.807, 2.05) is 24.4 Å². The van der Waals surface area contributed by atoms with Crippen LogP contribution in [0, 0.1) is 0 Å². The molecule has 1 aromatic heterocycles. The Morgan fingerprint density at radius 1 is 1.29 bits per heavy atom. The number of nitrogens with one attached hydrogen (secondary N) is 1. The second-order valence-electron chi connectivity index (χ2n) is 5.28. The molecular formula is C16H18ClNO2S. The molecule has 0 saturated heterocycles. The van der Waals surface area contributed by atoms with E-state index in [9.17, 15) is 4.79 Å². The van der Waals surface area contributed by atoms with Crippen molar-refractivity contribution in [2.75, 3.05) is 0 Å². The Hall–Kier alpha value is -1.52. The predicted molar refractivity (Wildman–Crippen MR) is 87.0 cm³/mol. The summed E-state index contributed by atoms with van der Waals surface area (Å²) in [5.74, 6) is 0.460. The fourth-order valence-corrected chi connectivity index (χ4v) is 2.68. The first kappa shape index (κ1) is 15.9. The largest absolute Gasteiger partial charge is 0.478 e. The molecule has 1 atom stereocenters. The molecule has 1 N–H and O–H groups in total. The van der Waals surface area contributed by atoms with E-state index >= 15 is 0 Å². The van der Waals surface area contributed by atoms with Crippen LogP contribution in [0.5, 0.6) is 5.75 Å². The van der Waals surface area contributed by atoms with Gasteiger partial charge in [-0.1, -0.05) is 17.7 Å². The highest BCUT2D eigenvalue weighted by atomic mass is 35.5. The van der Waals surface area contributed by atoms with Gasteiger partial charge in [0.15, 0.2) is 5.60 Å². The van der Waals surface area contributed by atoms with Crippen LogP contribution in [0.25, 0.3) is 0 Å². The molecule has 21 heavy (non-hydrogen) atoms. The summed E-state index contributed by atoms with van der Waals surface area (Å²) in [7, 11) is 0. The van der Waals surface area contributed by atoms with E-state index in [1.54, 1.807) is 49.4 Å². The molecule has 1 heterocycles. The zero-order valence-corrected chi connectivity index (χ0v) is 13.8. The average molecular weight is 324 g/mol. The van der Waals surface area contributed by atoms with Crippen molar-refractivity contribution in [2.45, 2.75) is 32.4 Å². The van der Waals surface area contributed by atoms with Crippen LogP contribution in [0.4, 0.5) is 0 Å². The van der Waals surface area contributed by atoms with Gasteiger partial charge in [-0.15, -0.1) is 11.3 Å². The molecule has 0 unspecified atom stereocenters. The lowest BCUT2D eigenvalue weighted by Crippen LogP contribution is -2.47. The highest BCUT2D eigenvalue weighted by Gasteiger charge is 2.31. The molecule has 3 nitrogen and oxygen atoms in total. The summed E-state index contributed by atoms with van der Waals surface area (Å²) in [6.07, 6.45) is 0. The highest BCUT2D eigenvalue weighted by molar-refractivity contribution is 7.10. The van der Waals surface area contributed by atoms with Crippen molar-refractivity contribution < 1.29 is 9.53 Å². The van der Waals surface area contributed by atoms with Crippen LogP contribution in [0.1, 0.15) is 31.7 Å². The van der Waals surface area contributed by atoms with Crippen molar-refractivity contribution in [2.24, 2.45) is 0 Å². The summed E-state index contributed by atoms with van der Waals surface area (Å²) < 4.78 is 5.77. The van der Waals surface area contributed by atoms with Crippen molar-refractivity contribution in [3.05, 3.63) is 51.7 Å². The Balaban J connectivity index is 2.01. The Morgan fingerprint density at radius 3 is 2.52 bits per heavy atom. The molecule has 0 aliphatic rings. The standard InChI is InChI=1S/C16H18ClNO2S/c1-11(14-5-4-10-21-14)18-15(19)16(2,3)20-13-8-6-12(17)7-9-13/h4-11H,1-3H3,(H,18,19)/t11-/m0/s1. The first-order valence-corrected chi connectivity index (χ1v) is 7.93. The maximum Gasteiger partial charge on any atom is 0.264 e. The van der Waals surface area contributed by atoms with Gasteiger partial charge in [0.2, 0.25) is 0 Å². The number of benzene rings is 1.